The molecule has 2 heterocycles. The van der Waals surface area contributed by atoms with Gasteiger partial charge >= 0.3 is 6.09 Å². The highest BCUT2D eigenvalue weighted by molar-refractivity contribution is 5.68. The number of aryl methyl sites for hydroxylation is 3. The van der Waals surface area contributed by atoms with Crippen molar-refractivity contribution >= 4 is 11.8 Å². The molecule has 3 rings (SSSR count). The second-order valence-electron chi connectivity index (χ2n) is 8.21. The van der Waals surface area contributed by atoms with Gasteiger partial charge in [-0.15, -0.1) is 0 Å². The molecule has 0 bridgehead atoms. The zero-order chi connectivity index (χ0) is 20.1. The standard InChI is InChI=1S/C21H30N4O3/c1-16-22-19(23-28-16)10-6-8-17-7-5-9-18(15-17)24-11-13-25(14-12-24)20(26)27-21(2,3)4/h5,7,9,15H,6,8,10-14H2,1-4H3. The fourth-order valence-electron chi connectivity index (χ4n) is 3.28. The molecule has 1 aliphatic rings. The van der Waals surface area contributed by atoms with Crippen molar-refractivity contribution < 1.29 is 14.1 Å². The third-order valence-corrected chi connectivity index (χ3v) is 4.64. The first-order chi connectivity index (χ1) is 13.3. The van der Waals surface area contributed by atoms with Crippen LogP contribution in [0.4, 0.5) is 10.5 Å². The maximum Gasteiger partial charge on any atom is 0.410 e. The molecule has 0 aliphatic carbocycles. The second kappa shape index (κ2) is 8.63. The van der Waals surface area contributed by atoms with E-state index in [1.165, 1.54) is 11.3 Å². The Hall–Kier alpha value is -2.57. The Labute approximate surface area is 166 Å². The van der Waals surface area contributed by atoms with Gasteiger partial charge in [-0.25, -0.2) is 4.79 Å². The van der Waals surface area contributed by atoms with E-state index in [0.29, 0.717) is 19.0 Å². The van der Waals surface area contributed by atoms with Gasteiger partial charge in [-0.1, -0.05) is 17.3 Å². The van der Waals surface area contributed by atoms with Crippen LogP contribution in [0.2, 0.25) is 0 Å². The molecule has 1 fully saturated rings. The summed E-state index contributed by atoms with van der Waals surface area (Å²) in [6.45, 7) is 10.5. The molecule has 0 unspecified atom stereocenters. The van der Waals surface area contributed by atoms with Crippen molar-refractivity contribution in [2.75, 3.05) is 31.1 Å². The third kappa shape index (κ3) is 5.71. The fraction of sp³-hybridized carbons (Fsp3) is 0.571. The monoisotopic (exact) mass is 386 g/mol. The molecule has 1 aliphatic heterocycles. The van der Waals surface area contributed by atoms with E-state index < -0.39 is 5.60 Å². The number of anilines is 1. The number of amides is 1. The Bertz CT molecular complexity index is 789. The summed E-state index contributed by atoms with van der Waals surface area (Å²) in [6, 6.07) is 8.63. The summed E-state index contributed by atoms with van der Waals surface area (Å²) in [5.41, 5.74) is 2.05. The number of rotatable bonds is 5. The van der Waals surface area contributed by atoms with Crippen LogP contribution in [0.3, 0.4) is 0 Å². The van der Waals surface area contributed by atoms with Gasteiger partial charge in [0.05, 0.1) is 0 Å². The van der Waals surface area contributed by atoms with Gasteiger partial charge in [0.2, 0.25) is 5.89 Å². The van der Waals surface area contributed by atoms with Crippen LogP contribution in [0.5, 0.6) is 0 Å². The predicted molar refractivity (Wildman–Crippen MR) is 108 cm³/mol. The molecule has 7 heteroatoms. The summed E-state index contributed by atoms with van der Waals surface area (Å²) in [7, 11) is 0. The van der Waals surface area contributed by atoms with Crippen molar-refractivity contribution in [3.8, 4) is 0 Å². The van der Waals surface area contributed by atoms with Gasteiger partial charge in [0.15, 0.2) is 5.82 Å². The minimum atomic E-state index is -0.456. The molecule has 1 aromatic carbocycles. The third-order valence-electron chi connectivity index (χ3n) is 4.64. The van der Waals surface area contributed by atoms with E-state index >= 15 is 0 Å². The summed E-state index contributed by atoms with van der Waals surface area (Å²) in [5.74, 6) is 1.38. The van der Waals surface area contributed by atoms with E-state index in [1.54, 1.807) is 4.90 Å². The second-order valence-corrected chi connectivity index (χ2v) is 8.21. The topological polar surface area (TPSA) is 71.7 Å². The van der Waals surface area contributed by atoms with Crippen LogP contribution in [0, 0.1) is 6.92 Å². The van der Waals surface area contributed by atoms with E-state index in [1.807, 2.05) is 27.7 Å². The maximum atomic E-state index is 12.2. The molecular formula is C21H30N4O3. The lowest BCUT2D eigenvalue weighted by Crippen LogP contribution is -2.50. The SMILES string of the molecule is Cc1nc(CCCc2cccc(N3CCN(C(=O)OC(C)(C)C)CC3)c2)no1. The summed E-state index contributed by atoms with van der Waals surface area (Å²) in [6.07, 6.45) is 2.54. The van der Waals surface area contributed by atoms with Crippen LogP contribution in [0.1, 0.15) is 44.5 Å². The number of hydrogen-bond acceptors (Lipinski definition) is 6. The fourth-order valence-corrected chi connectivity index (χ4v) is 3.28. The van der Waals surface area contributed by atoms with Crippen molar-refractivity contribution in [2.45, 2.75) is 52.6 Å². The maximum absolute atomic E-state index is 12.2. The smallest absolute Gasteiger partial charge is 0.410 e. The van der Waals surface area contributed by atoms with Gasteiger partial charge < -0.3 is 19.1 Å². The molecule has 1 amide bonds. The average Bonchev–Trinajstić information content (AvgIpc) is 3.06. The van der Waals surface area contributed by atoms with Gasteiger partial charge in [-0.2, -0.15) is 4.98 Å². The molecule has 0 saturated carbocycles. The van der Waals surface area contributed by atoms with E-state index in [0.717, 1.165) is 38.2 Å². The summed E-state index contributed by atoms with van der Waals surface area (Å²) in [4.78, 5) is 20.6. The molecule has 7 nitrogen and oxygen atoms in total. The Kier molecular flexibility index (Phi) is 6.21. The molecule has 0 atom stereocenters. The van der Waals surface area contributed by atoms with E-state index in [2.05, 4.69) is 39.3 Å². The highest BCUT2D eigenvalue weighted by Crippen LogP contribution is 2.20. The number of nitrogens with zero attached hydrogens (tertiary/aromatic N) is 4. The molecule has 0 N–H and O–H groups in total. The zero-order valence-corrected chi connectivity index (χ0v) is 17.3. The quantitative estimate of drug-likeness (QED) is 0.782. The van der Waals surface area contributed by atoms with Crippen LogP contribution in [0.25, 0.3) is 0 Å². The summed E-state index contributed by atoms with van der Waals surface area (Å²) < 4.78 is 10.5. The number of ether oxygens (including phenoxy) is 1. The molecule has 2 aromatic rings. The zero-order valence-electron chi connectivity index (χ0n) is 17.3. The van der Waals surface area contributed by atoms with Gasteiger partial charge in [-0.3, -0.25) is 0 Å². The number of piperazine rings is 1. The van der Waals surface area contributed by atoms with Crippen molar-refractivity contribution in [2.24, 2.45) is 0 Å². The molecule has 0 spiro atoms. The van der Waals surface area contributed by atoms with Crippen molar-refractivity contribution in [3.05, 3.63) is 41.5 Å². The van der Waals surface area contributed by atoms with Crippen LogP contribution < -0.4 is 4.90 Å². The molecule has 152 valence electrons. The van der Waals surface area contributed by atoms with Crippen molar-refractivity contribution in [3.63, 3.8) is 0 Å². The highest BCUT2D eigenvalue weighted by Gasteiger charge is 2.25. The van der Waals surface area contributed by atoms with Crippen LogP contribution in [-0.4, -0.2) is 52.9 Å². The normalized spacial score (nSPS) is 15.0. The van der Waals surface area contributed by atoms with Gasteiger partial charge in [0.1, 0.15) is 5.60 Å². The lowest BCUT2D eigenvalue weighted by Gasteiger charge is -2.36. The predicted octanol–water partition coefficient (Wildman–Crippen LogP) is 3.61. The first-order valence-corrected chi connectivity index (χ1v) is 9.91. The van der Waals surface area contributed by atoms with Crippen molar-refractivity contribution in [1.29, 1.82) is 0 Å². The van der Waals surface area contributed by atoms with E-state index in [-0.39, 0.29) is 6.09 Å². The van der Waals surface area contributed by atoms with Crippen LogP contribution in [-0.2, 0) is 17.6 Å². The van der Waals surface area contributed by atoms with Crippen LogP contribution >= 0.6 is 0 Å². The highest BCUT2D eigenvalue weighted by atomic mass is 16.6. The Morgan fingerprint density at radius 3 is 2.57 bits per heavy atom. The lowest BCUT2D eigenvalue weighted by molar-refractivity contribution is 0.0240. The summed E-state index contributed by atoms with van der Waals surface area (Å²) >= 11 is 0. The van der Waals surface area contributed by atoms with E-state index in [4.69, 9.17) is 9.26 Å². The van der Waals surface area contributed by atoms with Crippen LogP contribution in [0.15, 0.2) is 28.8 Å². The largest absolute Gasteiger partial charge is 0.444 e. The first-order valence-electron chi connectivity index (χ1n) is 9.91. The first kappa shape index (κ1) is 20.2. The minimum Gasteiger partial charge on any atom is -0.444 e. The lowest BCUT2D eigenvalue weighted by atomic mass is 10.1. The Balaban J connectivity index is 1.49. The molecule has 28 heavy (non-hydrogen) atoms. The molecule has 0 radical (unpaired) electrons. The average molecular weight is 386 g/mol. The Morgan fingerprint density at radius 2 is 1.93 bits per heavy atom. The summed E-state index contributed by atoms with van der Waals surface area (Å²) in [5, 5.41) is 3.94. The van der Waals surface area contributed by atoms with Gasteiger partial charge in [0.25, 0.3) is 0 Å². The molecule has 1 saturated heterocycles. The molecular weight excluding hydrogens is 356 g/mol. The Morgan fingerprint density at radius 1 is 1.18 bits per heavy atom. The van der Waals surface area contributed by atoms with Gasteiger partial charge in [-0.05, 0) is 51.3 Å². The number of benzene rings is 1. The van der Waals surface area contributed by atoms with Crippen molar-refractivity contribution in [1.82, 2.24) is 15.0 Å². The minimum absolute atomic E-state index is 0.224. The molecule has 1 aromatic heterocycles. The number of carbonyl (C=O) groups excluding carboxylic acids is 1. The number of carbonyl (C=O) groups is 1. The van der Waals surface area contributed by atoms with E-state index in [9.17, 15) is 4.79 Å². The number of aromatic nitrogens is 2. The number of hydrogen-bond donors (Lipinski definition) is 0. The van der Waals surface area contributed by atoms with Gasteiger partial charge in [0, 0.05) is 45.2 Å².